The van der Waals surface area contributed by atoms with E-state index in [4.69, 9.17) is 11.6 Å². The monoisotopic (exact) mass is 483 g/mol. The van der Waals surface area contributed by atoms with Crippen LogP contribution in [0.2, 0.25) is 0 Å². The molecular formula is C21H30ClCsFN. The first-order valence-corrected chi connectivity index (χ1v) is 9.00. The molecule has 1 saturated carbocycles. The largest absolute Gasteiger partial charge is 1.00 e. The van der Waals surface area contributed by atoms with Crippen molar-refractivity contribution < 1.29 is 73.3 Å². The quantitative estimate of drug-likeness (QED) is 0.447. The smallest absolute Gasteiger partial charge is 0.456 e. The molecule has 0 N–H and O–H groups in total. The molecule has 0 amide bonds. The van der Waals surface area contributed by atoms with Gasteiger partial charge in [0.05, 0.1) is 0 Å². The van der Waals surface area contributed by atoms with Crippen LogP contribution in [0.1, 0.15) is 58.9 Å². The molecule has 1 aromatic rings. The van der Waals surface area contributed by atoms with Crippen molar-refractivity contribution in [3.8, 4) is 0 Å². The van der Waals surface area contributed by atoms with Gasteiger partial charge in [-0.25, -0.2) is 4.39 Å². The van der Waals surface area contributed by atoms with Gasteiger partial charge in [0.1, 0.15) is 5.82 Å². The van der Waals surface area contributed by atoms with E-state index in [1.807, 2.05) is 13.0 Å². The molecule has 0 aliphatic heterocycles. The summed E-state index contributed by atoms with van der Waals surface area (Å²) in [6.07, 6.45) is 6.40. The zero-order chi connectivity index (χ0) is 18.6. The Morgan fingerprint density at radius 2 is 1.88 bits per heavy atom. The Bertz CT molecular complexity index is 555. The van der Waals surface area contributed by atoms with Crippen molar-refractivity contribution in [1.29, 1.82) is 0 Å². The SMILES string of the molecule is C=[C-]N=C1CCC(C)(c2cccc(F)c2)CC1=C.CCC.CCCl.[Cs+]. The molecule has 0 aromatic heterocycles. The van der Waals surface area contributed by atoms with Crippen LogP contribution in [0.4, 0.5) is 4.39 Å². The van der Waals surface area contributed by atoms with E-state index in [1.165, 1.54) is 12.5 Å². The van der Waals surface area contributed by atoms with Gasteiger partial charge in [0.15, 0.2) is 0 Å². The number of hydrogen-bond donors (Lipinski definition) is 0. The molecule has 1 aliphatic carbocycles. The van der Waals surface area contributed by atoms with Gasteiger partial charge >= 0.3 is 68.9 Å². The van der Waals surface area contributed by atoms with Gasteiger partial charge in [-0.15, -0.1) is 29.5 Å². The van der Waals surface area contributed by atoms with Crippen LogP contribution in [0, 0.1) is 12.0 Å². The van der Waals surface area contributed by atoms with E-state index in [9.17, 15) is 4.39 Å². The van der Waals surface area contributed by atoms with E-state index >= 15 is 0 Å². The zero-order valence-electron chi connectivity index (χ0n) is 16.5. The van der Waals surface area contributed by atoms with Crippen LogP contribution in [0.25, 0.3) is 0 Å². The summed E-state index contributed by atoms with van der Waals surface area (Å²) in [6.45, 7) is 15.9. The average molecular weight is 484 g/mol. The van der Waals surface area contributed by atoms with Crippen LogP contribution in [0.5, 0.6) is 0 Å². The van der Waals surface area contributed by atoms with Gasteiger partial charge in [0.2, 0.25) is 0 Å². The zero-order valence-corrected chi connectivity index (χ0v) is 23.5. The van der Waals surface area contributed by atoms with Crippen LogP contribution in [0.3, 0.4) is 0 Å². The fourth-order valence-electron chi connectivity index (χ4n) is 2.57. The Labute approximate surface area is 217 Å². The predicted octanol–water partition coefficient (Wildman–Crippen LogP) is 3.88. The summed E-state index contributed by atoms with van der Waals surface area (Å²) >= 11 is 5.00. The Hall–Kier alpha value is 0.642. The van der Waals surface area contributed by atoms with E-state index in [0.717, 1.165) is 42.0 Å². The Balaban J connectivity index is 0. The first-order valence-electron chi connectivity index (χ1n) is 8.47. The Kier molecular flexibility index (Phi) is 17.5. The molecule has 1 nitrogen and oxygen atoms in total. The summed E-state index contributed by atoms with van der Waals surface area (Å²) in [5.41, 5.74) is 2.95. The van der Waals surface area contributed by atoms with Crippen molar-refractivity contribution in [1.82, 2.24) is 0 Å². The second kappa shape index (κ2) is 15.7. The second-order valence-electron chi connectivity index (χ2n) is 6.04. The maximum atomic E-state index is 13.3. The van der Waals surface area contributed by atoms with Gasteiger partial charge in [-0.2, -0.15) is 12.8 Å². The number of halogens is 2. The van der Waals surface area contributed by atoms with Gasteiger partial charge < -0.3 is 4.99 Å². The van der Waals surface area contributed by atoms with Crippen molar-refractivity contribution in [3.05, 3.63) is 60.6 Å². The van der Waals surface area contributed by atoms with E-state index in [0.29, 0.717) is 0 Å². The van der Waals surface area contributed by atoms with Gasteiger partial charge in [0, 0.05) is 5.88 Å². The van der Waals surface area contributed by atoms with E-state index < -0.39 is 0 Å². The minimum atomic E-state index is -0.182. The third kappa shape index (κ3) is 10.5. The number of allylic oxidation sites excluding steroid dienone is 1. The van der Waals surface area contributed by atoms with Gasteiger partial charge in [0.25, 0.3) is 0 Å². The van der Waals surface area contributed by atoms with Crippen LogP contribution < -0.4 is 68.9 Å². The number of benzene rings is 1. The molecule has 4 heteroatoms. The van der Waals surface area contributed by atoms with Gasteiger partial charge in [-0.05, 0) is 29.5 Å². The van der Waals surface area contributed by atoms with E-state index in [-0.39, 0.29) is 80.1 Å². The molecule has 0 saturated heterocycles. The van der Waals surface area contributed by atoms with Gasteiger partial charge in [-0.1, -0.05) is 59.1 Å². The minimum Gasteiger partial charge on any atom is -0.456 e. The molecule has 1 aliphatic rings. The molecule has 0 radical (unpaired) electrons. The number of hydrogen-bond acceptors (Lipinski definition) is 1. The Morgan fingerprint density at radius 1 is 1.32 bits per heavy atom. The summed E-state index contributed by atoms with van der Waals surface area (Å²) < 4.78 is 13.3. The summed E-state index contributed by atoms with van der Waals surface area (Å²) in [7, 11) is 0. The van der Waals surface area contributed by atoms with Crippen LogP contribution in [-0.4, -0.2) is 11.6 Å². The standard InChI is InChI=1S/C16H17FN.C3H8.C2H5Cl.Cs/c1-4-18-15-8-9-16(3,11-12(15)2)13-6-5-7-14(17)10-13;1-3-2;1-2-3;/h5-7,10H,1-2,8-9,11H2,3H3;3H2,1-2H3;2H2,1H3;/q-1;;;+1. The maximum Gasteiger partial charge on any atom is 1.00 e. The summed E-state index contributed by atoms with van der Waals surface area (Å²) in [4.78, 5) is 4.12. The third-order valence-corrected chi connectivity index (χ3v) is 3.66. The second-order valence-corrected chi connectivity index (χ2v) is 6.58. The van der Waals surface area contributed by atoms with Crippen LogP contribution >= 0.6 is 11.6 Å². The Morgan fingerprint density at radius 3 is 2.32 bits per heavy atom. The van der Waals surface area contributed by atoms with E-state index in [2.05, 4.69) is 45.1 Å². The molecule has 0 heterocycles. The molecule has 2 rings (SSSR count). The van der Waals surface area contributed by atoms with Gasteiger partial charge in [-0.3, -0.25) is 0 Å². The van der Waals surface area contributed by atoms with Crippen molar-refractivity contribution in [2.75, 3.05) is 5.88 Å². The van der Waals surface area contributed by atoms with Crippen molar-refractivity contribution in [3.63, 3.8) is 0 Å². The maximum absolute atomic E-state index is 13.3. The first-order chi connectivity index (χ1) is 11.4. The molecule has 25 heavy (non-hydrogen) atoms. The molecule has 1 atom stereocenters. The van der Waals surface area contributed by atoms with Crippen LogP contribution in [-0.2, 0) is 5.41 Å². The molecule has 1 aromatic carbocycles. The number of alkyl halides is 1. The number of nitrogens with zero attached hydrogens (tertiary/aromatic N) is 1. The molecular weight excluding hydrogens is 454 g/mol. The topological polar surface area (TPSA) is 12.4 Å². The molecule has 0 spiro atoms. The normalized spacial score (nSPS) is 20.4. The van der Waals surface area contributed by atoms with Crippen LogP contribution in [0.15, 0.2) is 48.0 Å². The predicted molar refractivity (Wildman–Crippen MR) is 105 cm³/mol. The fraction of sp³-hybridized carbons (Fsp3) is 0.476. The number of rotatable bonds is 2. The number of aliphatic imine (C=N–C) groups is 1. The average Bonchev–Trinajstić information content (AvgIpc) is 2.52. The molecule has 0 bridgehead atoms. The summed E-state index contributed by atoms with van der Waals surface area (Å²) in [6, 6.07) is 6.84. The van der Waals surface area contributed by atoms with E-state index in [1.54, 1.807) is 12.1 Å². The van der Waals surface area contributed by atoms with Crippen molar-refractivity contribution in [2.45, 2.75) is 58.8 Å². The van der Waals surface area contributed by atoms with Crippen molar-refractivity contribution in [2.24, 2.45) is 4.99 Å². The summed E-state index contributed by atoms with van der Waals surface area (Å²) in [5.74, 6) is 0.540. The third-order valence-electron chi connectivity index (χ3n) is 3.66. The summed E-state index contributed by atoms with van der Waals surface area (Å²) in [5, 5.41) is 0. The molecule has 134 valence electrons. The van der Waals surface area contributed by atoms with Crippen molar-refractivity contribution >= 4 is 17.3 Å². The fourth-order valence-corrected chi connectivity index (χ4v) is 2.57. The molecule has 1 unspecified atom stereocenters. The molecule has 1 fully saturated rings. The minimum absolute atomic E-state index is 0. The first kappa shape index (κ1) is 27.9.